The van der Waals surface area contributed by atoms with E-state index in [1.54, 1.807) is 24.5 Å². The molecular weight excluding hydrogens is 570 g/mol. The lowest BCUT2D eigenvalue weighted by Gasteiger charge is -2.47. The minimum atomic E-state index is -5.24. The minimum absolute atomic E-state index is 0.0587. The first-order valence-electron chi connectivity index (χ1n) is 11.3. The van der Waals surface area contributed by atoms with Crippen LogP contribution in [0.15, 0.2) is 41.3 Å². The Bertz CT molecular complexity index is 1600. The highest BCUT2D eigenvalue weighted by molar-refractivity contribution is 7.84. The van der Waals surface area contributed by atoms with E-state index < -0.39 is 51.5 Å². The third-order valence-electron chi connectivity index (χ3n) is 5.74. The van der Waals surface area contributed by atoms with Crippen molar-refractivity contribution in [3.63, 3.8) is 0 Å². The second kappa shape index (κ2) is 10.6. The predicted molar refractivity (Wildman–Crippen MR) is 135 cm³/mol. The Labute approximate surface area is 230 Å². The van der Waals surface area contributed by atoms with E-state index in [2.05, 4.69) is 25.8 Å². The van der Waals surface area contributed by atoms with Gasteiger partial charge in [-0.05, 0) is 13.8 Å². The lowest BCUT2D eigenvalue weighted by Crippen LogP contribution is -2.73. The van der Waals surface area contributed by atoms with Crippen LogP contribution in [-0.2, 0) is 43.1 Å². The third-order valence-corrected chi connectivity index (χ3v) is 7.35. The first kappa shape index (κ1) is 28.5. The quantitative estimate of drug-likeness (QED) is 0.0779. The summed E-state index contributed by atoms with van der Waals surface area (Å²) in [6.07, 6.45) is 5.05. The van der Waals surface area contributed by atoms with E-state index in [-0.39, 0.29) is 21.7 Å². The number of pyridine rings is 1. The molecule has 0 saturated carbocycles. The lowest BCUT2D eigenvalue weighted by molar-refractivity contribution is -0.671. The molecule has 0 bridgehead atoms. The molecule has 0 aliphatic carbocycles. The molecule has 4 rings (SSSR count). The second-order valence-corrected chi connectivity index (χ2v) is 11.2. The monoisotopic (exact) mass is 593 g/mol. The molecule has 17 nitrogen and oxygen atoms in total. The summed E-state index contributed by atoms with van der Waals surface area (Å²) in [6.45, 7) is 2.06. The highest BCUT2D eigenvalue weighted by Crippen LogP contribution is 2.26. The van der Waals surface area contributed by atoms with Crippen molar-refractivity contribution in [2.75, 3.05) is 5.73 Å². The number of hydrogen-bond acceptors (Lipinski definition) is 13. The number of carbonyl (C=O) groups is 3. The molecule has 1 fully saturated rings. The molecule has 1 aliphatic rings. The number of nitrogens with one attached hydrogen (secondary N) is 1. The molecule has 1 aliphatic heterocycles. The number of aromatic nitrogens is 5. The Hall–Kier alpha value is -4.49. The number of β-lactam (4-membered cyclic amide) rings is 1. The number of nitrogens with zero attached hydrogens (tertiary/aromatic N) is 7. The van der Waals surface area contributed by atoms with Gasteiger partial charge in [-0.1, -0.05) is 10.4 Å². The van der Waals surface area contributed by atoms with Gasteiger partial charge in [0, 0.05) is 23.1 Å². The van der Waals surface area contributed by atoms with Crippen LogP contribution in [0.2, 0.25) is 0 Å². The first-order chi connectivity index (χ1) is 18.7. The number of nitrogens with two attached hydrogens (primary N) is 1. The average Bonchev–Trinajstić information content (AvgIpc) is 3.51. The van der Waals surface area contributed by atoms with Gasteiger partial charge < -0.3 is 25.5 Å². The third kappa shape index (κ3) is 5.90. The Kier molecular flexibility index (Phi) is 7.55. The fourth-order valence-electron chi connectivity index (χ4n) is 3.52. The summed E-state index contributed by atoms with van der Waals surface area (Å²) in [7, 11) is -3.41. The molecule has 40 heavy (non-hydrogen) atoms. The number of amides is 2. The maximum absolute atomic E-state index is 13.2. The summed E-state index contributed by atoms with van der Waals surface area (Å²) in [6, 6.07) is 0.699. The van der Waals surface area contributed by atoms with Crippen molar-refractivity contribution in [3.05, 3.63) is 41.8 Å². The molecule has 212 valence electrons. The summed E-state index contributed by atoms with van der Waals surface area (Å²) in [4.78, 5) is 46.2. The van der Waals surface area contributed by atoms with Crippen molar-refractivity contribution >= 4 is 50.3 Å². The molecule has 1 saturated heterocycles. The number of carbonyl (C=O) groups excluding carboxylic acids is 2. The number of oxime groups is 1. The largest absolute Gasteiger partial charge is 0.731 e. The highest BCUT2D eigenvalue weighted by atomic mass is 32.2. The molecule has 4 N–H and O–H groups in total. The molecule has 4 heterocycles. The zero-order chi connectivity index (χ0) is 29.4. The molecule has 19 heteroatoms. The minimum Gasteiger partial charge on any atom is -0.731 e. The normalized spacial score (nSPS) is 17.9. The molecule has 1 unspecified atom stereocenters. The van der Waals surface area contributed by atoms with Gasteiger partial charge in [0.15, 0.2) is 33.5 Å². The maximum atomic E-state index is 13.2. The Morgan fingerprint density at radius 1 is 1.35 bits per heavy atom. The number of aryl methyl sites for hydroxylation is 1. The zero-order valence-electron chi connectivity index (χ0n) is 21.2. The van der Waals surface area contributed by atoms with E-state index in [1.165, 1.54) is 30.1 Å². The Morgan fingerprint density at radius 3 is 2.60 bits per heavy atom. The number of carboxylic acid groups (broad SMARTS) is 1. The zero-order valence-corrected chi connectivity index (χ0v) is 22.8. The number of hydrogen-bond donors (Lipinski definition) is 3. The first-order valence-corrected chi connectivity index (χ1v) is 13.6. The number of rotatable bonds is 10. The van der Waals surface area contributed by atoms with Gasteiger partial charge in [-0.25, -0.2) is 31.8 Å². The standard InChI is InChI=1S/C21H23N9O8S2/c1-21(2,19(33)34)38-26-15(13-10-39-20(22)23-13)17(31)24-16-14(30(18(16)32)40(35,36)37)9-29-8-12(25-27-29)11-4-6-28(3)7-5-11/h4-8,10,14,16H,9H2,1-3H3,(H4-,22,23,24,31,33,34,35,36,37)/t14?,16-/m0/s1. The number of aliphatic carboxylic acids is 1. The maximum Gasteiger partial charge on any atom is 0.350 e. The summed E-state index contributed by atoms with van der Waals surface area (Å²) in [5.41, 5.74) is 4.33. The van der Waals surface area contributed by atoms with Crippen molar-refractivity contribution in [1.29, 1.82) is 0 Å². The summed E-state index contributed by atoms with van der Waals surface area (Å²) in [5, 5.41) is 24.6. The summed E-state index contributed by atoms with van der Waals surface area (Å²) >= 11 is 0.955. The van der Waals surface area contributed by atoms with Crippen molar-refractivity contribution in [3.8, 4) is 11.3 Å². The highest BCUT2D eigenvalue weighted by Gasteiger charge is 2.52. The number of nitrogen functional groups attached to an aromatic ring is 1. The van der Waals surface area contributed by atoms with Crippen LogP contribution >= 0.6 is 11.3 Å². The SMILES string of the molecule is C[n+]1ccc(-c2cn(CC3[C@H](NC(=O)C(=NOC(C)(C)C(=O)O)c4csc(N)n4)C(=O)N3S(=O)(=O)[O-])nn2)cc1. The molecule has 3 aromatic heterocycles. The van der Waals surface area contributed by atoms with E-state index in [1.807, 2.05) is 11.6 Å². The molecule has 0 spiro atoms. The average molecular weight is 594 g/mol. The van der Waals surface area contributed by atoms with E-state index >= 15 is 0 Å². The Balaban J connectivity index is 1.59. The second-order valence-electron chi connectivity index (χ2n) is 9.11. The van der Waals surface area contributed by atoms with Crippen LogP contribution in [0, 0.1) is 0 Å². The van der Waals surface area contributed by atoms with Crippen molar-refractivity contribution in [1.82, 2.24) is 29.6 Å². The molecule has 2 atom stereocenters. The number of carboxylic acids is 1. The number of thiazole rings is 1. The van der Waals surface area contributed by atoms with E-state index in [0.29, 0.717) is 11.3 Å². The van der Waals surface area contributed by atoms with Crippen LogP contribution in [0.25, 0.3) is 11.3 Å². The fraction of sp³-hybridized carbons (Fsp3) is 0.333. The summed E-state index contributed by atoms with van der Waals surface area (Å²) in [5.74, 6) is -3.63. The van der Waals surface area contributed by atoms with Crippen molar-refractivity contribution < 1.29 is 41.9 Å². The van der Waals surface area contributed by atoms with Gasteiger partial charge in [-0.15, -0.1) is 16.4 Å². The van der Waals surface area contributed by atoms with Gasteiger partial charge in [0.25, 0.3) is 11.8 Å². The van der Waals surface area contributed by atoms with Crippen LogP contribution < -0.4 is 15.6 Å². The summed E-state index contributed by atoms with van der Waals surface area (Å²) < 4.78 is 38.6. The van der Waals surface area contributed by atoms with Crippen molar-refractivity contribution in [2.24, 2.45) is 12.2 Å². The van der Waals surface area contributed by atoms with Gasteiger partial charge in [0.05, 0.1) is 18.8 Å². The number of anilines is 1. The van der Waals surface area contributed by atoms with Gasteiger partial charge in [0.2, 0.25) is 5.60 Å². The van der Waals surface area contributed by atoms with E-state index in [0.717, 1.165) is 11.3 Å². The topological polar surface area (TPSA) is 239 Å². The van der Waals surface area contributed by atoms with Crippen LogP contribution in [-0.4, -0.2) is 83.5 Å². The molecule has 0 aromatic carbocycles. The Morgan fingerprint density at radius 2 is 2.02 bits per heavy atom. The van der Waals surface area contributed by atoms with Gasteiger partial charge in [-0.3, -0.25) is 9.59 Å². The fourth-order valence-corrected chi connectivity index (χ4v) is 4.93. The van der Waals surface area contributed by atoms with E-state index in [4.69, 9.17) is 10.6 Å². The van der Waals surface area contributed by atoms with Crippen LogP contribution in [0.1, 0.15) is 19.5 Å². The van der Waals surface area contributed by atoms with Gasteiger partial charge in [-0.2, -0.15) is 0 Å². The lowest BCUT2D eigenvalue weighted by atomic mass is 9.98. The van der Waals surface area contributed by atoms with Crippen LogP contribution in [0.4, 0.5) is 5.13 Å². The van der Waals surface area contributed by atoms with Crippen LogP contribution in [0.5, 0.6) is 0 Å². The van der Waals surface area contributed by atoms with Crippen molar-refractivity contribution in [2.45, 2.75) is 38.1 Å². The predicted octanol–water partition coefficient (Wildman–Crippen LogP) is -1.75. The van der Waals surface area contributed by atoms with E-state index in [9.17, 15) is 32.5 Å². The molecular formula is C21H23N9O8S2. The van der Waals surface area contributed by atoms with Gasteiger partial charge in [0.1, 0.15) is 24.5 Å². The molecule has 3 aromatic rings. The van der Waals surface area contributed by atoms with Crippen LogP contribution in [0.3, 0.4) is 0 Å². The van der Waals surface area contributed by atoms with Gasteiger partial charge >= 0.3 is 5.97 Å². The molecule has 0 radical (unpaired) electrons. The smallest absolute Gasteiger partial charge is 0.350 e. The molecule has 2 amide bonds.